The summed E-state index contributed by atoms with van der Waals surface area (Å²) < 4.78 is 5.80. The zero-order chi connectivity index (χ0) is 21.9. The number of nitrogens with zero attached hydrogens (tertiary/aromatic N) is 1. The van der Waals surface area contributed by atoms with Crippen LogP contribution in [0, 0.1) is 0 Å². The van der Waals surface area contributed by atoms with Crippen molar-refractivity contribution in [3.63, 3.8) is 0 Å². The number of benzene rings is 3. The van der Waals surface area contributed by atoms with E-state index in [1.54, 1.807) is 30.5 Å². The highest BCUT2D eigenvalue weighted by molar-refractivity contribution is 5.96. The van der Waals surface area contributed by atoms with E-state index < -0.39 is 0 Å². The van der Waals surface area contributed by atoms with Crippen molar-refractivity contribution >= 4 is 23.7 Å². The quantitative estimate of drug-likeness (QED) is 0.390. The van der Waals surface area contributed by atoms with Gasteiger partial charge in [-0.15, -0.1) is 0 Å². The Morgan fingerprint density at radius 3 is 2.48 bits per heavy atom. The molecule has 6 heteroatoms. The summed E-state index contributed by atoms with van der Waals surface area (Å²) in [5, 5.41) is 6.81. The van der Waals surface area contributed by atoms with Gasteiger partial charge in [-0.2, -0.15) is 5.10 Å². The molecule has 0 radical (unpaired) electrons. The van der Waals surface area contributed by atoms with E-state index in [2.05, 4.69) is 15.8 Å². The van der Waals surface area contributed by atoms with Gasteiger partial charge in [0.2, 0.25) is 5.91 Å². The molecule has 0 aromatic heterocycles. The van der Waals surface area contributed by atoms with Crippen LogP contribution in [0.3, 0.4) is 0 Å². The Bertz CT molecular complexity index is 1030. The lowest BCUT2D eigenvalue weighted by Gasteiger charge is -2.07. The summed E-state index contributed by atoms with van der Waals surface area (Å²) in [7, 11) is 0. The molecule has 0 fully saturated rings. The summed E-state index contributed by atoms with van der Waals surface area (Å²) in [6, 6.07) is 24.1. The normalized spacial score (nSPS) is 10.6. The van der Waals surface area contributed by atoms with Crippen LogP contribution in [0.2, 0.25) is 0 Å². The number of carbonyl (C=O) groups is 2. The number of nitrogens with one attached hydrogen (secondary N) is 2. The Hall–Kier alpha value is -3.93. The molecule has 0 spiro atoms. The molecule has 6 nitrogen and oxygen atoms in total. The minimum absolute atomic E-state index is 0.0423. The van der Waals surface area contributed by atoms with Gasteiger partial charge in [0.05, 0.1) is 6.21 Å². The fraction of sp³-hybridized carbons (Fsp3) is 0.160. The first-order valence-electron chi connectivity index (χ1n) is 10.1. The van der Waals surface area contributed by atoms with Crippen molar-refractivity contribution < 1.29 is 14.3 Å². The van der Waals surface area contributed by atoms with Gasteiger partial charge in [-0.1, -0.05) is 49.4 Å². The van der Waals surface area contributed by atoms with Crippen LogP contribution in [0.5, 0.6) is 5.75 Å². The number of rotatable bonds is 9. The molecule has 3 aromatic rings. The Morgan fingerprint density at radius 2 is 1.74 bits per heavy atom. The summed E-state index contributed by atoms with van der Waals surface area (Å²) in [6.45, 7) is 2.43. The highest BCUT2D eigenvalue weighted by Crippen LogP contribution is 2.14. The average molecular weight is 415 g/mol. The van der Waals surface area contributed by atoms with Gasteiger partial charge < -0.3 is 10.1 Å². The van der Waals surface area contributed by atoms with Crippen LogP contribution in [0.25, 0.3) is 0 Å². The van der Waals surface area contributed by atoms with Gasteiger partial charge in [-0.05, 0) is 53.9 Å². The first-order chi connectivity index (χ1) is 15.1. The van der Waals surface area contributed by atoms with Crippen molar-refractivity contribution in [2.24, 2.45) is 5.10 Å². The highest BCUT2D eigenvalue weighted by atomic mass is 16.5. The molecule has 2 amide bonds. The number of hydrogen-bond acceptors (Lipinski definition) is 4. The van der Waals surface area contributed by atoms with Crippen LogP contribution in [-0.2, 0) is 11.4 Å². The zero-order valence-corrected chi connectivity index (χ0v) is 17.4. The zero-order valence-electron chi connectivity index (χ0n) is 17.4. The Morgan fingerprint density at radius 1 is 0.968 bits per heavy atom. The second-order valence-corrected chi connectivity index (χ2v) is 6.92. The van der Waals surface area contributed by atoms with Crippen LogP contribution in [0.1, 0.15) is 41.3 Å². The predicted molar refractivity (Wildman–Crippen MR) is 122 cm³/mol. The van der Waals surface area contributed by atoms with Gasteiger partial charge in [0.25, 0.3) is 5.91 Å². The molecular weight excluding hydrogens is 390 g/mol. The van der Waals surface area contributed by atoms with Gasteiger partial charge in [0.15, 0.2) is 0 Å². The van der Waals surface area contributed by atoms with E-state index in [0.717, 1.165) is 23.3 Å². The molecule has 0 bridgehead atoms. The second-order valence-electron chi connectivity index (χ2n) is 6.92. The molecular formula is C25H25N3O3. The maximum atomic E-state index is 12.3. The van der Waals surface area contributed by atoms with Crippen molar-refractivity contribution in [1.82, 2.24) is 5.43 Å². The molecule has 0 saturated carbocycles. The molecule has 158 valence electrons. The van der Waals surface area contributed by atoms with Crippen molar-refractivity contribution in [2.45, 2.75) is 26.4 Å². The fourth-order valence-electron chi connectivity index (χ4n) is 2.81. The molecule has 0 aliphatic rings. The predicted octanol–water partition coefficient (Wildman–Crippen LogP) is 4.77. The molecule has 0 aliphatic carbocycles. The van der Waals surface area contributed by atoms with E-state index in [0.29, 0.717) is 24.3 Å². The maximum Gasteiger partial charge on any atom is 0.271 e. The first-order valence-corrected chi connectivity index (χ1v) is 10.1. The largest absolute Gasteiger partial charge is 0.489 e. The van der Waals surface area contributed by atoms with Crippen molar-refractivity contribution in [3.8, 4) is 5.75 Å². The molecule has 3 rings (SSSR count). The number of anilines is 1. The van der Waals surface area contributed by atoms with E-state index >= 15 is 0 Å². The smallest absolute Gasteiger partial charge is 0.271 e. The van der Waals surface area contributed by atoms with E-state index in [1.807, 2.05) is 61.5 Å². The summed E-state index contributed by atoms with van der Waals surface area (Å²) >= 11 is 0. The van der Waals surface area contributed by atoms with E-state index in [4.69, 9.17) is 4.74 Å². The number of ether oxygens (including phenoxy) is 1. The highest BCUT2D eigenvalue weighted by Gasteiger charge is 2.05. The van der Waals surface area contributed by atoms with Crippen LogP contribution in [0.4, 0.5) is 5.69 Å². The Balaban J connectivity index is 1.51. The first kappa shape index (κ1) is 21.8. The number of carbonyl (C=O) groups excluding carboxylic acids is 2. The lowest BCUT2D eigenvalue weighted by Crippen LogP contribution is -2.17. The van der Waals surface area contributed by atoms with E-state index in [9.17, 15) is 9.59 Å². The molecule has 0 saturated heterocycles. The molecule has 2 N–H and O–H groups in total. The minimum atomic E-state index is -0.334. The molecule has 0 unspecified atom stereocenters. The lowest BCUT2D eigenvalue weighted by molar-refractivity contribution is -0.116. The summed E-state index contributed by atoms with van der Waals surface area (Å²) in [5.41, 5.74) is 5.51. The van der Waals surface area contributed by atoms with Crippen LogP contribution in [0.15, 0.2) is 84.0 Å². The van der Waals surface area contributed by atoms with Crippen molar-refractivity contribution in [3.05, 3.63) is 95.6 Å². The van der Waals surface area contributed by atoms with Gasteiger partial charge in [0, 0.05) is 17.7 Å². The summed E-state index contributed by atoms with van der Waals surface area (Å²) in [5.74, 6) is 0.346. The van der Waals surface area contributed by atoms with Crippen LogP contribution >= 0.6 is 0 Å². The fourth-order valence-corrected chi connectivity index (χ4v) is 2.81. The molecule has 0 aliphatic heterocycles. The number of hydrazone groups is 1. The number of amides is 2. The molecule has 0 atom stereocenters. The van der Waals surface area contributed by atoms with Crippen molar-refractivity contribution in [1.29, 1.82) is 0 Å². The van der Waals surface area contributed by atoms with Crippen molar-refractivity contribution in [2.75, 3.05) is 5.32 Å². The van der Waals surface area contributed by atoms with Crippen LogP contribution < -0.4 is 15.5 Å². The standard InChI is InChI=1S/C25H25N3O3/c1-2-7-24(29)27-22-14-12-21(13-15-22)25(30)28-26-17-20-10-6-11-23(16-20)31-18-19-8-4-3-5-9-19/h3-6,8-17H,2,7,18H2,1H3,(H,27,29)(H,28,30)/b26-17+. The topological polar surface area (TPSA) is 79.8 Å². The summed E-state index contributed by atoms with van der Waals surface area (Å²) in [4.78, 5) is 23.9. The second kappa shape index (κ2) is 11.3. The molecule has 3 aromatic carbocycles. The van der Waals surface area contributed by atoms with Gasteiger partial charge >= 0.3 is 0 Å². The molecule has 31 heavy (non-hydrogen) atoms. The van der Waals surface area contributed by atoms with E-state index in [1.165, 1.54) is 0 Å². The monoisotopic (exact) mass is 415 g/mol. The third-order valence-electron chi connectivity index (χ3n) is 4.39. The average Bonchev–Trinajstić information content (AvgIpc) is 2.79. The third kappa shape index (κ3) is 7.12. The minimum Gasteiger partial charge on any atom is -0.489 e. The van der Waals surface area contributed by atoms with E-state index in [-0.39, 0.29) is 11.8 Å². The number of hydrogen-bond donors (Lipinski definition) is 2. The lowest BCUT2D eigenvalue weighted by atomic mass is 10.2. The van der Waals surface area contributed by atoms with Gasteiger partial charge in [0.1, 0.15) is 12.4 Å². The SMILES string of the molecule is CCCC(=O)Nc1ccc(C(=O)N/N=C/c2cccc(OCc3ccccc3)c2)cc1. The Kier molecular flexibility index (Phi) is 7.94. The van der Waals surface area contributed by atoms with Gasteiger partial charge in [-0.25, -0.2) is 5.43 Å². The van der Waals surface area contributed by atoms with Crippen LogP contribution in [-0.4, -0.2) is 18.0 Å². The summed E-state index contributed by atoms with van der Waals surface area (Å²) in [6.07, 6.45) is 2.81. The Labute approximate surface area is 182 Å². The molecule has 0 heterocycles. The van der Waals surface area contributed by atoms with Gasteiger partial charge in [-0.3, -0.25) is 9.59 Å². The third-order valence-corrected chi connectivity index (χ3v) is 4.39. The maximum absolute atomic E-state index is 12.3.